The van der Waals surface area contributed by atoms with Gasteiger partial charge in [-0.15, -0.1) is 0 Å². The number of anilines is 1. The van der Waals surface area contributed by atoms with Crippen LogP contribution in [-0.2, 0) is 4.74 Å². The van der Waals surface area contributed by atoms with Crippen LogP contribution in [0.1, 0.15) is 40.0 Å². The lowest BCUT2D eigenvalue weighted by Crippen LogP contribution is -2.48. The van der Waals surface area contributed by atoms with Crippen molar-refractivity contribution in [2.24, 2.45) is 0 Å². The number of nitro benzene ring substituents is 1. The van der Waals surface area contributed by atoms with Gasteiger partial charge in [-0.3, -0.25) is 15.1 Å². The van der Waals surface area contributed by atoms with E-state index in [-0.39, 0.29) is 17.8 Å². The Morgan fingerprint density at radius 2 is 2.14 bits per heavy atom. The van der Waals surface area contributed by atoms with Gasteiger partial charge in [0.25, 0.3) is 5.69 Å². The summed E-state index contributed by atoms with van der Waals surface area (Å²) in [6.45, 7) is 6.78. The third-order valence-electron chi connectivity index (χ3n) is 4.51. The molecule has 1 aliphatic heterocycles. The second-order valence-corrected chi connectivity index (χ2v) is 7.89. The molecule has 0 aliphatic carbocycles. The summed E-state index contributed by atoms with van der Waals surface area (Å²) in [7, 11) is 0. The third kappa shape index (κ3) is 4.85. The summed E-state index contributed by atoms with van der Waals surface area (Å²) >= 11 is 0. The van der Waals surface area contributed by atoms with E-state index in [1.165, 1.54) is 12.1 Å². The van der Waals surface area contributed by atoms with Crippen molar-refractivity contribution in [3.05, 3.63) is 34.5 Å². The number of benzene rings is 1. The number of hydrogen-bond donors (Lipinski definition) is 1. The lowest BCUT2D eigenvalue weighted by Gasteiger charge is -2.36. The monoisotopic (exact) mass is 387 g/mol. The van der Waals surface area contributed by atoms with E-state index in [1.54, 1.807) is 17.2 Å². The number of likely N-dealkylation sites (tertiary alicyclic amines) is 1. The van der Waals surface area contributed by atoms with E-state index in [1.807, 2.05) is 20.8 Å². The predicted molar refractivity (Wildman–Crippen MR) is 105 cm³/mol. The number of piperidine rings is 1. The standard InChI is InChI=1S/C19H25N5O4/c1-19(2,3)28-18(25)23-9-5-4-6-14(23)11-21-17-12-20-16-10-13(24(26)27)7-8-15(16)22-17/h7-8,10,12,14H,4-6,9,11H2,1-3H3,(H,21,22). The summed E-state index contributed by atoms with van der Waals surface area (Å²) in [6.07, 6.45) is 4.16. The molecule has 1 amide bonds. The summed E-state index contributed by atoms with van der Waals surface area (Å²) in [5.41, 5.74) is 0.493. The molecule has 1 atom stereocenters. The SMILES string of the molecule is CC(C)(C)OC(=O)N1CCCCC1CNc1cnc2cc([N+](=O)[O-])ccc2n1. The highest BCUT2D eigenvalue weighted by atomic mass is 16.6. The maximum absolute atomic E-state index is 12.5. The fourth-order valence-electron chi connectivity index (χ4n) is 3.19. The van der Waals surface area contributed by atoms with Gasteiger partial charge >= 0.3 is 6.09 Å². The van der Waals surface area contributed by atoms with E-state index in [0.29, 0.717) is 29.9 Å². The first-order chi connectivity index (χ1) is 13.2. The van der Waals surface area contributed by atoms with E-state index in [9.17, 15) is 14.9 Å². The van der Waals surface area contributed by atoms with Crippen molar-refractivity contribution in [3.8, 4) is 0 Å². The van der Waals surface area contributed by atoms with Crippen LogP contribution in [0.3, 0.4) is 0 Å². The molecule has 1 aromatic carbocycles. The molecule has 1 N–H and O–H groups in total. The third-order valence-corrected chi connectivity index (χ3v) is 4.51. The molecular formula is C19H25N5O4. The van der Waals surface area contributed by atoms with Crippen molar-refractivity contribution >= 4 is 28.6 Å². The van der Waals surface area contributed by atoms with Gasteiger partial charge in [0.15, 0.2) is 0 Å². The first-order valence-corrected chi connectivity index (χ1v) is 9.37. The Morgan fingerprint density at radius 3 is 2.86 bits per heavy atom. The van der Waals surface area contributed by atoms with Gasteiger partial charge in [0.1, 0.15) is 11.4 Å². The van der Waals surface area contributed by atoms with E-state index in [2.05, 4.69) is 15.3 Å². The van der Waals surface area contributed by atoms with Crippen LogP contribution in [0.15, 0.2) is 24.4 Å². The average molecular weight is 387 g/mol. The van der Waals surface area contributed by atoms with Crippen LogP contribution in [0.25, 0.3) is 11.0 Å². The minimum atomic E-state index is -0.529. The number of nitrogens with zero attached hydrogens (tertiary/aromatic N) is 4. The van der Waals surface area contributed by atoms with Crippen LogP contribution < -0.4 is 5.32 Å². The van der Waals surface area contributed by atoms with Gasteiger partial charge in [0.05, 0.1) is 28.2 Å². The van der Waals surface area contributed by atoms with E-state index in [4.69, 9.17) is 4.74 Å². The van der Waals surface area contributed by atoms with Gasteiger partial charge < -0.3 is 15.0 Å². The Morgan fingerprint density at radius 1 is 1.36 bits per heavy atom. The summed E-state index contributed by atoms with van der Waals surface area (Å²) in [4.78, 5) is 33.4. The normalized spacial score (nSPS) is 17.4. The minimum absolute atomic E-state index is 0.0120. The fraction of sp³-hybridized carbons (Fsp3) is 0.526. The van der Waals surface area contributed by atoms with E-state index in [0.717, 1.165) is 19.3 Å². The van der Waals surface area contributed by atoms with Crippen molar-refractivity contribution in [2.45, 2.75) is 51.7 Å². The number of non-ortho nitro benzene ring substituents is 1. The topological polar surface area (TPSA) is 110 Å². The fourth-order valence-corrected chi connectivity index (χ4v) is 3.19. The second kappa shape index (κ2) is 7.95. The summed E-state index contributed by atoms with van der Waals surface area (Å²) in [6, 6.07) is 4.40. The zero-order valence-corrected chi connectivity index (χ0v) is 16.3. The minimum Gasteiger partial charge on any atom is -0.444 e. The van der Waals surface area contributed by atoms with Crippen LogP contribution >= 0.6 is 0 Å². The van der Waals surface area contributed by atoms with E-state index >= 15 is 0 Å². The van der Waals surface area contributed by atoms with Crippen molar-refractivity contribution in [3.63, 3.8) is 0 Å². The summed E-state index contributed by atoms with van der Waals surface area (Å²) < 4.78 is 5.52. The van der Waals surface area contributed by atoms with Crippen LogP contribution in [0.4, 0.5) is 16.3 Å². The van der Waals surface area contributed by atoms with E-state index < -0.39 is 10.5 Å². The average Bonchev–Trinajstić information content (AvgIpc) is 2.64. The Bertz CT molecular complexity index is 880. The Hall–Kier alpha value is -2.97. The molecule has 2 aromatic rings. The molecule has 0 radical (unpaired) electrons. The molecule has 150 valence electrons. The maximum Gasteiger partial charge on any atom is 0.410 e. The highest BCUT2D eigenvalue weighted by molar-refractivity contribution is 5.78. The smallest absolute Gasteiger partial charge is 0.410 e. The lowest BCUT2D eigenvalue weighted by atomic mass is 10.0. The number of hydrogen-bond acceptors (Lipinski definition) is 7. The molecular weight excluding hydrogens is 362 g/mol. The Kier molecular flexibility index (Phi) is 5.62. The second-order valence-electron chi connectivity index (χ2n) is 7.89. The molecule has 9 heteroatoms. The zero-order chi connectivity index (χ0) is 20.3. The molecule has 1 aliphatic rings. The van der Waals surface area contributed by atoms with Gasteiger partial charge in [-0.1, -0.05) is 0 Å². The molecule has 0 spiro atoms. The Balaban J connectivity index is 1.68. The predicted octanol–water partition coefficient (Wildman–Crippen LogP) is 3.74. The van der Waals surface area contributed by atoms with Crippen molar-refractivity contribution in [1.29, 1.82) is 0 Å². The van der Waals surface area contributed by atoms with Crippen LogP contribution in [0.2, 0.25) is 0 Å². The molecule has 0 bridgehead atoms. The molecule has 2 heterocycles. The number of nitrogens with one attached hydrogen (secondary N) is 1. The van der Waals surface area contributed by atoms with Gasteiger partial charge in [-0.2, -0.15) is 0 Å². The lowest BCUT2D eigenvalue weighted by molar-refractivity contribution is -0.384. The number of fused-ring (bicyclic) bond motifs is 1. The molecule has 0 saturated carbocycles. The van der Waals surface area contributed by atoms with Gasteiger partial charge in [-0.05, 0) is 46.1 Å². The van der Waals surface area contributed by atoms with Gasteiger partial charge in [-0.25, -0.2) is 9.78 Å². The van der Waals surface area contributed by atoms with Crippen molar-refractivity contribution in [2.75, 3.05) is 18.4 Å². The first-order valence-electron chi connectivity index (χ1n) is 9.37. The summed E-state index contributed by atoms with van der Waals surface area (Å²) in [5.74, 6) is 0.566. The van der Waals surface area contributed by atoms with Crippen molar-refractivity contribution in [1.82, 2.24) is 14.9 Å². The molecule has 1 aromatic heterocycles. The molecule has 1 saturated heterocycles. The number of ether oxygens (including phenoxy) is 1. The number of aromatic nitrogens is 2. The maximum atomic E-state index is 12.5. The number of rotatable bonds is 4. The Labute approximate surface area is 163 Å². The highest BCUT2D eigenvalue weighted by Gasteiger charge is 2.30. The van der Waals surface area contributed by atoms with Crippen LogP contribution in [0, 0.1) is 10.1 Å². The van der Waals surface area contributed by atoms with Crippen LogP contribution in [0.5, 0.6) is 0 Å². The first kappa shape index (κ1) is 19.8. The molecule has 1 fully saturated rings. The molecule has 1 unspecified atom stereocenters. The quantitative estimate of drug-likeness (QED) is 0.628. The van der Waals surface area contributed by atoms with Crippen LogP contribution in [-0.4, -0.2) is 50.6 Å². The zero-order valence-electron chi connectivity index (χ0n) is 16.3. The molecule has 9 nitrogen and oxygen atoms in total. The van der Waals surface area contributed by atoms with Gasteiger partial charge in [0.2, 0.25) is 0 Å². The number of nitro groups is 1. The largest absolute Gasteiger partial charge is 0.444 e. The highest BCUT2D eigenvalue weighted by Crippen LogP contribution is 2.22. The molecule has 3 rings (SSSR count). The number of carbonyl (C=O) groups is 1. The number of carbonyl (C=O) groups excluding carboxylic acids is 1. The van der Waals surface area contributed by atoms with Gasteiger partial charge in [0, 0.05) is 25.2 Å². The summed E-state index contributed by atoms with van der Waals surface area (Å²) in [5, 5.41) is 14.1. The molecule has 28 heavy (non-hydrogen) atoms. The van der Waals surface area contributed by atoms with Crippen molar-refractivity contribution < 1.29 is 14.5 Å². The number of amides is 1.